The highest BCUT2D eigenvalue weighted by atomic mass is 35.5. The van der Waals surface area contributed by atoms with Gasteiger partial charge in [0.1, 0.15) is 5.01 Å². The van der Waals surface area contributed by atoms with Gasteiger partial charge in [0.25, 0.3) is 5.91 Å². The molecule has 0 fully saturated rings. The first-order chi connectivity index (χ1) is 12.3. The molecule has 26 heavy (non-hydrogen) atoms. The molecule has 2 rings (SSSR count). The summed E-state index contributed by atoms with van der Waals surface area (Å²) in [4.78, 5) is 30.5. The van der Waals surface area contributed by atoms with Crippen molar-refractivity contribution in [3.05, 3.63) is 49.9 Å². The standard InChI is InChI=1S/C18H20Cl2N2O3S/c1-11(2)6-7-22(9-16-21-15(10-26-16)18(24)25-3)17(23)13-5-4-12(19)8-14(13)20/h4-5,8,10-11H,6-7,9H2,1-3H3. The normalized spacial score (nSPS) is 10.8. The highest BCUT2D eigenvalue weighted by Gasteiger charge is 2.21. The van der Waals surface area contributed by atoms with Gasteiger partial charge in [0.15, 0.2) is 5.69 Å². The molecule has 140 valence electrons. The van der Waals surface area contributed by atoms with E-state index in [4.69, 9.17) is 23.2 Å². The molecule has 0 saturated heterocycles. The van der Waals surface area contributed by atoms with Crippen molar-refractivity contribution in [3.63, 3.8) is 0 Å². The molecule has 1 aromatic heterocycles. The summed E-state index contributed by atoms with van der Waals surface area (Å²) in [5.41, 5.74) is 0.637. The minimum atomic E-state index is -0.492. The SMILES string of the molecule is COC(=O)c1csc(CN(CCC(C)C)C(=O)c2ccc(Cl)cc2Cl)n1. The molecule has 1 amide bonds. The number of hydrogen-bond donors (Lipinski definition) is 0. The van der Waals surface area contributed by atoms with Crippen LogP contribution in [0.1, 0.15) is 46.1 Å². The topological polar surface area (TPSA) is 59.5 Å². The lowest BCUT2D eigenvalue weighted by Gasteiger charge is -2.23. The van der Waals surface area contributed by atoms with Crippen molar-refractivity contribution in [2.75, 3.05) is 13.7 Å². The van der Waals surface area contributed by atoms with E-state index in [1.54, 1.807) is 28.5 Å². The van der Waals surface area contributed by atoms with Gasteiger partial charge in [0.05, 0.1) is 24.2 Å². The number of thiazole rings is 1. The maximum absolute atomic E-state index is 13.0. The summed E-state index contributed by atoms with van der Waals surface area (Å²) < 4.78 is 4.67. The fraction of sp³-hybridized carbons (Fsp3) is 0.389. The van der Waals surface area contributed by atoms with Gasteiger partial charge in [0.2, 0.25) is 0 Å². The third-order valence-electron chi connectivity index (χ3n) is 3.70. The number of hydrogen-bond acceptors (Lipinski definition) is 5. The first-order valence-corrected chi connectivity index (χ1v) is 9.72. The third kappa shape index (κ3) is 5.43. The second-order valence-corrected chi connectivity index (χ2v) is 7.94. The number of aromatic nitrogens is 1. The maximum Gasteiger partial charge on any atom is 0.357 e. The van der Waals surface area contributed by atoms with Crippen molar-refractivity contribution in [2.24, 2.45) is 5.92 Å². The number of methoxy groups -OCH3 is 1. The predicted octanol–water partition coefficient (Wildman–Crippen LogP) is 4.93. The minimum absolute atomic E-state index is 0.192. The zero-order valence-electron chi connectivity index (χ0n) is 14.8. The second kappa shape index (κ2) is 9.35. The van der Waals surface area contributed by atoms with Crippen molar-refractivity contribution < 1.29 is 14.3 Å². The Labute approximate surface area is 166 Å². The molecule has 0 aliphatic heterocycles. The Morgan fingerprint density at radius 3 is 2.65 bits per heavy atom. The summed E-state index contributed by atoms with van der Waals surface area (Å²) >= 11 is 13.4. The van der Waals surface area contributed by atoms with E-state index in [1.165, 1.54) is 18.4 Å². The number of rotatable bonds is 7. The van der Waals surface area contributed by atoms with E-state index in [1.807, 2.05) is 0 Å². The van der Waals surface area contributed by atoms with Crippen LogP contribution in [0.5, 0.6) is 0 Å². The average molecular weight is 415 g/mol. The molecule has 0 spiro atoms. The number of carbonyl (C=O) groups excluding carboxylic acids is 2. The molecule has 1 heterocycles. The summed E-state index contributed by atoms with van der Waals surface area (Å²) in [5, 5.41) is 3.07. The molecule has 0 N–H and O–H groups in total. The summed E-state index contributed by atoms with van der Waals surface area (Å²) in [6.45, 7) is 5.04. The lowest BCUT2D eigenvalue weighted by atomic mass is 10.1. The van der Waals surface area contributed by atoms with Crippen LogP contribution in [0.25, 0.3) is 0 Å². The lowest BCUT2D eigenvalue weighted by Crippen LogP contribution is -2.32. The molecule has 0 saturated carbocycles. The molecule has 0 radical (unpaired) electrons. The number of nitrogens with zero attached hydrogens (tertiary/aromatic N) is 2. The number of amides is 1. The van der Waals surface area contributed by atoms with Gasteiger partial charge in [-0.15, -0.1) is 11.3 Å². The maximum atomic E-state index is 13.0. The Kier molecular flexibility index (Phi) is 7.43. The van der Waals surface area contributed by atoms with Gasteiger partial charge < -0.3 is 9.64 Å². The first kappa shape index (κ1) is 20.7. The van der Waals surface area contributed by atoms with Crippen LogP contribution in [0.2, 0.25) is 10.0 Å². The minimum Gasteiger partial charge on any atom is -0.464 e. The Hall–Kier alpha value is -1.63. The van der Waals surface area contributed by atoms with Crippen molar-refractivity contribution >= 4 is 46.4 Å². The van der Waals surface area contributed by atoms with E-state index in [-0.39, 0.29) is 11.6 Å². The van der Waals surface area contributed by atoms with Gasteiger partial charge >= 0.3 is 5.97 Å². The van der Waals surface area contributed by atoms with Gasteiger partial charge in [0, 0.05) is 16.9 Å². The monoisotopic (exact) mass is 414 g/mol. The van der Waals surface area contributed by atoms with Gasteiger partial charge in [-0.3, -0.25) is 4.79 Å². The average Bonchev–Trinajstić information content (AvgIpc) is 3.05. The Morgan fingerprint density at radius 2 is 2.04 bits per heavy atom. The van der Waals surface area contributed by atoms with Crippen LogP contribution in [0.3, 0.4) is 0 Å². The summed E-state index contributed by atoms with van der Waals surface area (Å²) in [5.74, 6) is -0.247. The van der Waals surface area contributed by atoms with Gasteiger partial charge in [-0.2, -0.15) is 0 Å². The fourth-order valence-corrected chi connectivity index (χ4v) is 3.51. The van der Waals surface area contributed by atoms with Crippen molar-refractivity contribution in [3.8, 4) is 0 Å². The van der Waals surface area contributed by atoms with Crippen molar-refractivity contribution in [1.82, 2.24) is 9.88 Å². The number of halogens is 2. The zero-order valence-corrected chi connectivity index (χ0v) is 17.1. The number of carbonyl (C=O) groups is 2. The van der Waals surface area contributed by atoms with Crippen LogP contribution in [0.15, 0.2) is 23.6 Å². The number of ether oxygens (including phenoxy) is 1. The molecule has 0 unspecified atom stereocenters. The molecule has 0 aliphatic carbocycles. The molecule has 5 nitrogen and oxygen atoms in total. The van der Waals surface area contributed by atoms with E-state index < -0.39 is 5.97 Å². The molecular weight excluding hydrogens is 395 g/mol. The first-order valence-electron chi connectivity index (χ1n) is 8.08. The predicted molar refractivity (Wildman–Crippen MR) is 104 cm³/mol. The van der Waals surface area contributed by atoms with E-state index in [2.05, 4.69) is 23.6 Å². The van der Waals surface area contributed by atoms with Crippen LogP contribution >= 0.6 is 34.5 Å². The fourth-order valence-electron chi connectivity index (χ4n) is 2.24. The van der Waals surface area contributed by atoms with Crippen LogP contribution in [0, 0.1) is 5.92 Å². The lowest BCUT2D eigenvalue weighted by molar-refractivity contribution is 0.0594. The Bertz CT molecular complexity index is 792. The van der Waals surface area contributed by atoms with Crippen LogP contribution in [-0.4, -0.2) is 35.4 Å². The highest BCUT2D eigenvalue weighted by Crippen LogP contribution is 2.24. The molecule has 8 heteroatoms. The second-order valence-electron chi connectivity index (χ2n) is 6.15. The molecule has 0 bridgehead atoms. The quantitative estimate of drug-likeness (QED) is 0.602. The number of benzene rings is 1. The number of esters is 1. The van der Waals surface area contributed by atoms with Gasteiger partial charge in [-0.1, -0.05) is 37.0 Å². The highest BCUT2D eigenvalue weighted by molar-refractivity contribution is 7.09. The zero-order chi connectivity index (χ0) is 19.3. The molecule has 2 aromatic rings. The van der Waals surface area contributed by atoms with Crippen molar-refractivity contribution in [1.29, 1.82) is 0 Å². The smallest absolute Gasteiger partial charge is 0.357 e. The molecule has 0 atom stereocenters. The van der Waals surface area contributed by atoms with Crippen LogP contribution in [0.4, 0.5) is 0 Å². The van der Waals surface area contributed by atoms with E-state index in [9.17, 15) is 9.59 Å². The molecular formula is C18H20Cl2N2O3S. The summed E-state index contributed by atoms with van der Waals surface area (Å²) in [6.07, 6.45) is 0.839. The molecule has 1 aromatic carbocycles. The summed E-state index contributed by atoms with van der Waals surface area (Å²) in [7, 11) is 1.31. The Morgan fingerprint density at radius 1 is 1.31 bits per heavy atom. The molecule has 0 aliphatic rings. The van der Waals surface area contributed by atoms with E-state index in [0.29, 0.717) is 39.6 Å². The van der Waals surface area contributed by atoms with Gasteiger partial charge in [-0.05, 0) is 30.5 Å². The van der Waals surface area contributed by atoms with Crippen LogP contribution < -0.4 is 0 Å². The van der Waals surface area contributed by atoms with E-state index in [0.717, 1.165) is 6.42 Å². The van der Waals surface area contributed by atoms with Gasteiger partial charge in [-0.25, -0.2) is 9.78 Å². The van der Waals surface area contributed by atoms with Crippen molar-refractivity contribution in [2.45, 2.75) is 26.8 Å². The van der Waals surface area contributed by atoms with E-state index >= 15 is 0 Å². The summed E-state index contributed by atoms with van der Waals surface area (Å²) in [6, 6.07) is 4.81. The largest absolute Gasteiger partial charge is 0.464 e. The third-order valence-corrected chi connectivity index (χ3v) is 5.08. The Balaban J connectivity index is 2.23. The van der Waals surface area contributed by atoms with Crippen LogP contribution in [-0.2, 0) is 11.3 Å².